The van der Waals surface area contributed by atoms with Gasteiger partial charge < -0.3 is 20.4 Å². The molecule has 0 fully saturated rings. The first-order valence-corrected chi connectivity index (χ1v) is 5.32. The number of carbonyl (C=O) groups excluding carboxylic acids is 1. The monoisotopic (exact) mass is 239 g/mol. The highest BCUT2D eigenvalue weighted by Gasteiger charge is 2.18. The Morgan fingerprint density at radius 2 is 2.41 bits per heavy atom. The number of hydrogen-bond acceptors (Lipinski definition) is 4. The highest BCUT2D eigenvalue weighted by Crippen LogP contribution is 2.04. The molecule has 0 aliphatic carbocycles. The van der Waals surface area contributed by atoms with Crippen molar-refractivity contribution in [2.45, 2.75) is 13.3 Å². The second-order valence-electron chi connectivity index (χ2n) is 3.71. The summed E-state index contributed by atoms with van der Waals surface area (Å²) in [5, 5.41) is 11.4. The first-order valence-electron chi connectivity index (χ1n) is 5.32. The Hall–Kier alpha value is -2.05. The number of hydrogen-bond donors (Lipinski definition) is 2. The maximum Gasteiger partial charge on any atom is 0.272 e. The van der Waals surface area contributed by atoms with Gasteiger partial charge in [-0.3, -0.25) is 4.79 Å². The van der Waals surface area contributed by atoms with E-state index in [2.05, 4.69) is 10.1 Å². The lowest BCUT2D eigenvalue weighted by atomic mass is 10.3. The Morgan fingerprint density at radius 3 is 2.88 bits per heavy atom. The molecule has 17 heavy (non-hydrogen) atoms. The fourth-order valence-electron chi connectivity index (χ4n) is 1.47. The number of carbonyl (C=O) groups is 1. The molecule has 7 nitrogen and oxygen atoms in total. The van der Waals surface area contributed by atoms with Gasteiger partial charge in [0.25, 0.3) is 5.91 Å². The van der Waals surface area contributed by atoms with Crippen LogP contribution in [0.2, 0.25) is 0 Å². The fraction of sp³-hybridized carbons (Fsp3) is 0.500. The van der Waals surface area contributed by atoms with Crippen LogP contribution in [0.1, 0.15) is 23.8 Å². The van der Waals surface area contributed by atoms with Crippen LogP contribution in [0.4, 0.5) is 0 Å². The zero-order valence-electron chi connectivity index (χ0n) is 10.00. The normalized spacial score (nSPS) is 11.5. The average Bonchev–Trinajstić information content (AvgIpc) is 2.73. The molecule has 1 aromatic heterocycles. The largest absolute Gasteiger partial charge is 0.409 e. The molecule has 1 amide bonds. The molecule has 0 aromatic carbocycles. The summed E-state index contributed by atoms with van der Waals surface area (Å²) < 4.78 is 1.64. The molecule has 1 rings (SSSR count). The molecule has 1 aromatic rings. The van der Waals surface area contributed by atoms with E-state index < -0.39 is 0 Å². The molecule has 0 spiro atoms. The van der Waals surface area contributed by atoms with Crippen LogP contribution >= 0.6 is 0 Å². The quantitative estimate of drug-likeness (QED) is 0.327. The van der Waals surface area contributed by atoms with E-state index in [1.54, 1.807) is 17.9 Å². The highest BCUT2D eigenvalue weighted by molar-refractivity contribution is 5.95. The molecule has 1 heterocycles. The molecule has 0 atom stereocenters. The van der Waals surface area contributed by atoms with E-state index in [0.29, 0.717) is 12.2 Å². The Labute approximate surface area is 99.5 Å². The molecule has 0 radical (unpaired) electrons. The van der Waals surface area contributed by atoms with Crippen molar-refractivity contribution in [3.63, 3.8) is 0 Å². The average molecular weight is 239 g/mol. The van der Waals surface area contributed by atoms with E-state index in [4.69, 9.17) is 10.9 Å². The topological polar surface area (TPSA) is 96.7 Å². The molecule has 94 valence electrons. The van der Waals surface area contributed by atoms with Gasteiger partial charge in [0.05, 0.1) is 19.1 Å². The third kappa shape index (κ3) is 3.20. The van der Waals surface area contributed by atoms with Crippen molar-refractivity contribution in [2.24, 2.45) is 17.9 Å². The van der Waals surface area contributed by atoms with Gasteiger partial charge >= 0.3 is 0 Å². The van der Waals surface area contributed by atoms with Crippen LogP contribution in [0.15, 0.2) is 17.7 Å². The number of aromatic nitrogens is 2. The summed E-state index contributed by atoms with van der Waals surface area (Å²) >= 11 is 0. The second-order valence-corrected chi connectivity index (χ2v) is 3.71. The molecule has 7 heteroatoms. The van der Waals surface area contributed by atoms with Crippen LogP contribution in [0.5, 0.6) is 0 Å². The molecule has 0 saturated heterocycles. The lowest BCUT2D eigenvalue weighted by molar-refractivity contribution is 0.0768. The van der Waals surface area contributed by atoms with E-state index in [0.717, 1.165) is 6.42 Å². The number of amides is 1. The van der Waals surface area contributed by atoms with Crippen molar-refractivity contribution in [3.8, 4) is 0 Å². The maximum atomic E-state index is 12.1. The van der Waals surface area contributed by atoms with Crippen molar-refractivity contribution >= 4 is 11.7 Å². The number of aryl methyl sites for hydroxylation is 1. The molecule has 3 N–H and O–H groups in total. The summed E-state index contributed by atoms with van der Waals surface area (Å²) in [4.78, 5) is 17.6. The van der Waals surface area contributed by atoms with Gasteiger partial charge in [0.2, 0.25) is 0 Å². The molecule has 0 aliphatic rings. The zero-order valence-corrected chi connectivity index (χ0v) is 10.00. The second kappa shape index (κ2) is 5.88. The Bertz CT molecular complexity index is 413. The van der Waals surface area contributed by atoms with Crippen molar-refractivity contribution < 1.29 is 10.0 Å². The number of nitrogens with two attached hydrogens (primary N) is 1. The summed E-state index contributed by atoms with van der Waals surface area (Å²) in [7, 11) is 1.74. The van der Waals surface area contributed by atoms with Crippen LogP contribution in [-0.2, 0) is 7.05 Å². The van der Waals surface area contributed by atoms with Crippen molar-refractivity contribution in [3.05, 3.63) is 18.2 Å². The number of rotatable bonds is 5. The van der Waals surface area contributed by atoms with Crippen molar-refractivity contribution in [1.29, 1.82) is 0 Å². The first-order chi connectivity index (χ1) is 8.10. The van der Waals surface area contributed by atoms with Crippen LogP contribution in [-0.4, -0.2) is 44.5 Å². The molecular weight excluding hydrogens is 222 g/mol. The molecular formula is C10H17N5O2. The zero-order chi connectivity index (χ0) is 12.8. The van der Waals surface area contributed by atoms with Gasteiger partial charge in [-0.25, -0.2) is 4.98 Å². The number of oxime groups is 1. The molecule has 0 bridgehead atoms. The minimum absolute atomic E-state index is 0.00830. The van der Waals surface area contributed by atoms with Gasteiger partial charge in [-0.2, -0.15) is 0 Å². The lowest BCUT2D eigenvalue weighted by Gasteiger charge is -2.21. The summed E-state index contributed by atoms with van der Waals surface area (Å²) in [5.41, 5.74) is 5.89. The van der Waals surface area contributed by atoms with Crippen molar-refractivity contribution in [1.82, 2.24) is 14.5 Å². The fourth-order valence-corrected chi connectivity index (χ4v) is 1.47. The predicted molar refractivity (Wildman–Crippen MR) is 62.8 cm³/mol. The smallest absolute Gasteiger partial charge is 0.272 e. The third-order valence-corrected chi connectivity index (χ3v) is 2.30. The summed E-state index contributed by atoms with van der Waals surface area (Å²) in [6.07, 6.45) is 3.85. The summed E-state index contributed by atoms with van der Waals surface area (Å²) in [6, 6.07) is 0. The maximum absolute atomic E-state index is 12.1. The van der Waals surface area contributed by atoms with E-state index in [9.17, 15) is 4.79 Å². The first kappa shape index (κ1) is 13.0. The summed E-state index contributed by atoms with van der Waals surface area (Å²) in [5.74, 6) is -0.174. The number of nitrogens with zero attached hydrogens (tertiary/aromatic N) is 4. The number of imidazole rings is 1. The van der Waals surface area contributed by atoms with E-state index in [-0.39, 0.29) is 18.3 Å². The SMILES string of the molecule is CCCN(CC(N)=NO)C(=O)c1cncn1C. The van der Waals surface area contributed by atoms with Gasteiger partial charge in [-0.1, -0.05) is 12.1 Å². The van der Waals surface area contributed by atoms with Crippen LogP contribution in [0.3, 0.4) is 0 Å². The Kier molecular flexibility index (Phi) is 4.50. The van der Waals surface area contributed by atoms with Gasteiger partial charge in [0.15, 0.2) is 5.84 Å². The Balaban J connectivity index is 2.84. The van der Waals surface area contributed by atoms with Gasteiger partial charge in [-0.05, 0) is 6.42 Å². The van der Waals surface area contributed by atoms with Gasteiger partial charge in [-0.15, -0.1) is 0 Å². The van der Waals surface area contributed by atoms with Crippen LogP contribution in [0.25, 0.3) is 0 Å². The summed E-state index contributed by atoms with van der Waals surface area (Å²) in [6.45, 7) is 2.60. The minimum Gasteiger partial charge on any atom is -0.409 e. The number of amidine groups is 1. The minimum atomic E-state index is -0.182. The van der Waals surface area contributed by atoms with Gasteiger partial charge in [0.1, 0.15) is 5.69 Å². The van der Waals surface area contributed by atoms with E-state index >= 15 is 0 Å². The standard InChI is InChI=1S/C10H17N5O2/c1-3-4-15(6-9(11)13-17)10(16)8-5-12-7-14(8)2/h5,7,17H,3-4,6H2,1-2H3,(H2,11,13). The third-order valence-electron chi connectivity index (χ3n) is 2.30. The van der Waals surface area contributed by atoms with Crippen LogP contribution in [0, 0.1) is 0 Å². The van der Waals surface area contributed by atoms with Gasteiger partial charge in [0, 0.05) is 13.6 Å². The van der Waals surface area contributed by atoms with E-state index in [1.807, 2.05) is 6.92 Å². The molecule has 0 saturated carbocycles. The van der Waals surface area contributed by atoms with Crippen LogP contribution < -0.4 is 5.73 Å². The highest BCUT2D eigenvalue weighted by atomic mass is 16.4. The predicted octanol–water partition coefficient (Wildman–Crippen LogP) is 0.0187. The Morgan fingerprint density at radius 1 is 1.71 bits per heavy atom. The lowest BCUT2D eigenvalue weighted by Crippen LogP contribution is -2.39. The van der Waals surface area contributed by atoms with E-state index in [1.165, 1.54) is 11.1 Å². The molecule has 0 aliphatic heterocycles. The van der Waals surface area contributed by atoms with Crippen molar-refractivity contribution in [2.75, 3.05) is 13.1 Å². The molecule has 0 unspecified atom stereocenters.